The van der Waals surface area contributed by atoms with Crippen LogP contribution in [0.5, 0.6) is 0 Å². The number of amides is 2. The third-order valence-electron chi connectivity index (χ3n) is 3.25. The van der Waals surface area contributed by atoms with Gasteiger partial charge in [0.25, 0.3) is 0 Å². The van der Waals surface area contributed by atoms with Crippen molar-refractivity contribution in [2.75, 3.05) is 11.9 Å². The van der Waals surface area contributed by atoms with Crippen LogP contribution in [0, 0.1) is 5.92 Å². The zero-order valence-corrected chi connectivity index (χ0v) is 12.4. The number of carbonyl (C=O) groups excluding carboxylic acids is 1. The zero-order valence-electron chi connectivity index (χ0n) is 12.4. The second kappa shape index (κ2) is 6.93. The van der Waals surface area contributed by atoms with Gasteiger partial charge in [-0.25, -0.2) is 9.59 Å². The maximum atomic E-state index is 12.1. The molecular weight excluding hydrogens is 256 g/mol. The lowest BCUT2D eigenvalue weighted by Gasteiger charge is -2.23. The first-order valence-corrected chi connectivity index (χ1v) is 6.72. The highest BCUT2D eigenvalue weighted by molar-refractivity contribution is 5.94. The number of nitrogens with one attached hydrogen (secondary N) is 1. The van der Waals surface area contributed by atoms with E-state index in [1.807, 2.05) is 24.3 Å². The molecule has 1 rings (SSSR count). The van der Waals surface area contributed by atoms with Crippen molar-refractivity contribution in [3.05, 3.63) is 29.8 Å². The second-order valence-electron chi connectivity index (χ2n) is 5.09. The number of urea groups is 1. The van der Waals surface area contributed by atoms with Crippen molar-refractivity contribution in [2.24, 2.45) is 5.92 Å². The number of carbonyl (C=O) groups is 2. The van der Waals surface area contributed by atoms with Gasteiger partial charge in [0.05, 0.1) is 0 Å². The molecule has 0 fully saturated rings. The minimum absolute atomic E-state index is 0.174. The van der Waals surface area contributed by atoms with Crippen LogP contribution in [0.15, 0.2) is 24.3 Å². The molecular formula is C15H22N2O3. The Hall–Kier alpha value is -2.04. The van der Waals surface area contributed by atoms with Gasteiger partial charge in [0.1, 0.15) is 6.04 Å². The molecule has 0 unspecified atom stereocenters. The Balaban J connectivity index is 2.77. The molecule has 0 aromatic heterocycles. The van der Waals surface area contributed by atoms with E-state index in [9.17, 15) is 9.59 Å². The number of hydrogen-bond acceptors (Lipinski definition) is 2. The number of anilines is 1. The lowest BCUT2D eigenvalue weighted by Crippen LogP contribution is -2.49. The molecule has 5 nitrogen and oxygen atoms in total. The number of rotatable bonds is 5. The van der Waals surface area contributed by atoms with Gasteiger partial charge < -0.3 is 10.4 Å². The number of nitrogens with zero attached hydrogens (tertiary/aromatic N) is 1. The largest absolute Gasteiger partial charge is 0.480 e. The number of benzene rings is 1. The molecule has 2 amide bonds. The van der Waals surface area contributed by atoms with Gasteiger partial charge in [0.2, 0.25) is 0 Å². The summed E-state index contributed by atoms with van der Waals surface area (Å²) in [6.45, 7) is 5.58. The Labute approximate surface area is 119 Å². The fourth-order valence-electron chi connectivity index (χ4n) is 1.82. The predicted octanol–water partition coefficient (Wildman–Crippen LogP) is 2.50. The average Bonchev–Trinajstić information content (AvgIpc) is 2.43. The Morgan fingerprint density at radius 3 is 2.20 bits per heavy atom. The van der Waals surface area contributed by atoms with E-state index in [1.54, 1.807) is 20.9 Å². The summed E-state index contributed by atoms with van der Waals surface area (Å²) in [5.41, 5.74) is 1.92. The predicted molar refractivity (Wildman–Crippen MR) is 79.0 cm³/mol. The molecule has 0 heterocycles. The normalized spacial score (nSPS) is 12.1. The van der Waals surface area contributed by atoms with Crippen molar-refractivity contribution in [3.8, 4) is 0 Å². The zero-order chi connectivity index (χ0) is 15.3. The standard InChI is InChI=1S/C15H22N2O3/c1-5-11-6-8-12(9-7-11)17(4)15(20)16-13(10(2)3)14(18)19/h6-10,13H,5H2,1-4H3,(H,16,20)(H,18,19)/t13-/m1/s1. The van der Waals surface area contributed by atoms with Crippen LogP contribution in [0.1, 0.15) is 26.3 Å². The van der Waals surface area contributed by atoms with Crippen molar-refractivity contribution in [2.45, 2.75) is 33.2 Å². The summed E-state index contributed by atoms with van der Waals surface area (Å²) in [4.78, 5) is 24.6. The van der Waals surface area contributed by atoms with Crippen LogP contribution in [-0.4, -0.2) is 30.2 Å². The first kappa shape index (κ1) is 16.0. The van der Waals surface area contributed by atoms with Gasteiger partial charge >= 0.3 is 12.0 Å². The molecule has 1 aromatic carbocycles. The molecule has 0 spiro atoms. The highest BCUT2D eigenvalue weighted by Gasteiger charge is 2.25. The van der Waals surface area contributed by atoms with Gasteiger partial charge in [-0.15, -0.1) is 0 Å². The van der Waals surface area contributed by atoms with Gasteiger partial charge in [-0.1, -0.05) is 32.9 Å². The van der Waals surface area contributed by atoms with Crippen LogP contribution >= 0.6 is 0 Å². The average molecular weight is 278 g/mol. The van der Waals surface area contributed by atoms with Crippen LogP contribution < -0.4 is 10.2 Å². The minimum Gasteiger partial charge on any atom is -0.480 e. The summed E-state index contributed by atoms with van der Waals surface area (Å²) in [5.74, 6) is -1.20. The molecule has 110 valence electrons. The molecule has 20 heavy (non-hydrogen) atoms. The van der Waals surface area contributed by atoms with E-state index >= 15 is 0 Å². The number of carboxylic acids is 1. The van der Waals surface area contributed by atoms with Crippen LogP contribution in [0.25, 0.3) is 0 Å². The van der Waals surface area contributed by atoms with E-state index in [0.717, 1.165) is 12.1 Å². The van der Waals surface area contributed by atoms with Gasteiger partial charge in [-0.2, -0.15) is 0 Å². The van der Waals surface area contributed by atoms with E-state index in [0.29, 0.717) is 0 Å². The SMILES string of the molecule is CCc1ccc(N(C)C(=O)N[C@@H](C(=O)O)C(C)C)cc1. The number of aryl methyl sites for hydroxylation is 1. The smallest absolute Gasteiger partial charge is 0.326 e. The molecule has 0 aliphatic rings. The quantitative estimate of drug-likeness (QED) is 0.869. The van der Waals surface area contributed by atoms with E-state index in [2.05, 4.69) is 12.2 Å². The van der Waals surface area contributed by atoms with E-state index in [-0.39, 0.29) is 5.92 Å². The minimum atomic E-state index is -1.02. The molecule has 0 saturated carbocycles. The van der Waals surface area contributed by atoms with Gasteiger partial charge in [0.15, 0.2) is 0 Å². The second-order valence-corrected chi connectivity index (χ2v) is 5.09. The van der Waals surface area contributed by atoms with Crippen molar-refractivity contribution in [3.63, 3.8) is 0 Å². The number of carboxylic acid groups (broad SMARTS) is 1. The Morgan fingerprint density at radius 1 is 1.25 bits per heavy atom. The van der Waals surface area contributed by atoms with Crippen molar-refractivity contribution in [1.82, 2.24) is 5.32 Å². The van der Waals surface area contributed by atoms with Crippen LogP contribution in [0.2, 0.25) is 0 Å². The summed E-state index contributed by atoms with van der Waals surface area (Å²) in [5, 5.41) is 11.6. The third-order valence-corrected chi connectivity index (χ3v) is 3.25. The molecule has 0 bridgehead atoms. The van der Waals surface area contributed by atoms with Crippen molar-refractivity contribution < 1.29 is 14.7 Å². The van der Waals surface area contributed by atoms with Gasteiger partial charge in [-0.3, -0.25) is 4.90 Å². The topological polar surface area (TPSA) is 69.6 Å². The molecule has 0 aliphatic carbocycles. The monoisotopic (exact) mass is 278 g/mol. The molecule has 2 N–H and O–H groups in total. The Morgan fingerprint density at radius 2 is 1.80 bits per heavy atom. The molecule has 0 saturated heterocycles. The van der Waals surface area contributed by atoms with Crippen LogP contribution in [-0.2, 0) is 11.2 Å². The summed E-state index contributed by atoms with van der Waals surface area (Å²) in [6, 6.07) is 6.30. The van der Waals surface area contributed by atoms with E-state index < -0.39 is 18.0 Å². The molecule has 0 aliphatic heterocycles. The first-order valence-electron chi connectivity index (χ1n) is 6.72. The van der Waals surface area contributed by atoms with Crippen LogP contribution in [0.3, 0.4) is 0 Å². The van der Waals surface area contributed by atoms with Gasteiger partial charge in [0, 0.05) is 12.7 Å². The van der Waals surface area contributed by atoms with Gasteiger partial charge in [-0.05, 0) is 30.0 Å². The fraction of sp³-hybridized carbons (Fsp3) is 0.467. The van der Waals surface area contributed by atoms with E-state index in [1.165, 1.54) is 10.5 Å². The highest BCUT2D eigenvalue weighted by atomic mass is 16.4. The lowest BCUT2D eigenvalue weighted by molar-refractivity contribution is -0.140. The third kappa shape index (κ3) is 3.98. The molecule has 1 atom stereocenters. The summed E-state index contributed by atoms with van der Waals surface area (Å²) >= 11 is 0. The summed E-state index contributed by atoms with van der Waals surface area (Å²) in [6.07, 6.45) is 0.935. The molecule has 1 aromatic rings. The van der Waals surface area contributed by atoms with Crippen molar-refractivity contribution in [1.29, 1.82) is 0 Å². The maximum Gasteiger partial charge on any atom is 0.326 e. The number of aliphatic carboxylic acids is 1. The summed E-state index contributed by atoms with van der Waals surface area (Å²) in [7, 11) is 1.62. The van der Waals surface area contributed by atoms with Crippen molar-refractivity contribution >= 4 is 17.7 Å². The fourth-order valence-corrected chi connectivity index (χ4v) is 1.82. The molecule has 0 radical (unpaired) electrons. The summed E-state index contributed by atoms with van der Waals surface area (Å²) < 4.78 is 0. The van der Waals surface area contributed by atoms with Crippen LogP contribution in [0.4, 0.5) is 10.5 Å². The Bertz CT molecular complexity index is 469. The maximum absolute atomic E-state index is 12.1. The Kier molecular flexibility index (Phi) is 5.55. The highest BCUT2D eigenvalue weighted by Crippen LogP contribution is 2.15. The number of hydrogen-bond donors (Lipinski definition) is 2. The van der Waals surface area contributed by atoms with E-state index in [4.69, 9.17) is 5.11 Å². The molecule has 5 heteroatoms. The first-order chi connectivity index (χ1) is 9.36. The lowest BCUT2D eigenvalue weighted by atomic mass is 10.1.